The Bertz CT molecular complexity index is 947. The second kappa shape index (κ2) is 9.92. The Hall–Kier alpha value is -2.93. The van der Waals surface area contributed by atoms with Crippen molar-refractivity contribution in [1.29, 1.82) is 0 Å². The van der Waals surface area contributed by atoms with Gasteiger partial charge in [0, 0.05) is 44.5 Å². The molecule has 7 heteroatoms. The van der Waals surface area contributed by atoms with E-state index >= 15 is 0 Å². The van der Waals surface area contributed by atoms with Crippen LogP contribution in [-0.4, -0.2) is 59.2 Å². The summed E-state index contributed by atoms with van der Waals surface area (Å²) in [7, 11) is 2.19. The average Bonchev–Trinajstić information content (AvgIpc) is 3.20. The number of oxazole rings is 1. The number of nitrogens with zero attached hydrogens (tertiary/aromatic N) is 5. The van der Waals surface area contributed by atoms with Crippen molar-refractivity contribution in [3.05, 3.63) is 65.6 Å². The SMILES string of the molecule is Cc1cnc(N2CCC(N(C)CCOc3ccc(Cc4ncc(C)o4)cc3)CC2)nc1. The van der Waals surface area contributed by atoms with Gasteiger partial charge in [-0.1, -0.05) is 12.1 Å². The number of aromatic nitrogens is 3. The molecule has 1 aliphatic heterocycles. The van der Waals surface area contributed by atoms with Crippen LogP contribution in [0.2, 0.25) is 0 Å². The minimum Gasteiger partial charge on any atom is -0.492 e. The summed E-state index contributed by atoms with van der Waals surface area (Å²) in [4.78, 5) is 17.9. The first kappa shape index (κ1) is 21.3. The van der Waals surface area contributed by atoms with Crippen LogP contribution in [0.4, 0.5) is 5.95 Å². The van der Waals surface area contributed by atoms with E-state index in [1.165, 1.54) is 0 Å². The number of ether oxygens (including phenoxy) is 1. The predicted molar refractivity (Wildman–Crippen MR) is 121 cm³/mol. The van der Waals surface area contributed by atoms with E-state index in [1.54, 1.807) is 6.20 Å². The highest BCUT2D eigenvalue weighted by Crippen LogP contribution is 2.20. The molecule has 0 saturated carbocycles. The zero-order chi connectivity index (χ0) is 21.6. The maximum atomic E-state index is 5.97. The van der Waals surface area contributed by atoms with Crippen LogP contribution < -0.4 is 9.64 Å². The molecule has 3 heterocycles. The summed E-state index contributed by atoms with van der Waals surface area (Å²) in [6.45, 7) is 7.49. The fourth-order valence-corrected chi connectivity index (χ4v) is 3.91. The topological polar surface area (TPSA) is 67.5 Å². The summed E-state index contributed by atoms with van der Waals surface area (Å²) < 4.78 is 11.5. The Balaban J connectivity index is 1.18. The summed E-state index contributed by atoms with van der Waals surface area (Å²) in [6, 6.07) is 8.75. The van der Waals surface area contributed by atoms with Crippen molar-refractivity contribution in [2.75, 3.05) is 38.2 Å². The largest absolute Gasteiger partial charge is 0.492 e. The van der Waals surface area contributed by atoms with Crippen molar-refractivity contribution >= 4 is 5.95 Å². The zero-order valence-electron chi connectivity index (χ0n) is 18.6. The molecule has 7 nitrogen and oxygen atoms in total. The van der Waals surface area contributed by atoms with Gasteiger partial charge in [0.25, 0.3) is 0 Å². The maximum Gasteiger partial charge on any atom is 0.225 e. The first-order valence-electron chi connectivity index (χ1n) is 10.9. The van der Waals surface area contributed by atoms with E-state index in [-0.39, 0.29) is 0 Å². The van der Waals surface area contributed by atoms with Crippen LogP contribution in [0.15, 0.2) is 47.3 Å². The molecule has 0 atom stereocenters. The molecule has 0 amide bonds. The monoisotopic (exact) mass is 421 g/mol. The predicted octanol–water partition coefficient (Wildman–Crippen LogP) is 3.65. The molecule has 1 aliphatic rings. The lowest BCUT2D eigenvalue weighted by Gasteiger charge is -2.36. The molecule has 0 spiro atoms. The van der Waals surface area contributed by atoms with Crippen molar-refractivity contribution in [1.82, 2.24) is 19.9 Å². The summed E-state index contributed by atoms with van der Waals surface area (Å²) >= 11 is 0. The van der Waals surface area contributed by atoms with Gasteiger partial charge in [0.05, 0.1) is 6.20 Å². The molecule has 0 aliphatic carbocycles. The third-order valence-corrected chi connectivity index (χ3v) is 5.80. The molecule has 4 rings (SSSR count). The highest BCUT2D eigenvalue weighted by Gasteiger charge is 2.23. The zero-order valence-corrected chi connectivity index (χ0v) is 18.6. The normalized spacial score (nSPS) is 14.9. The number of likely N-dealkylation sites (N-methyl/N-ethyl adjacent to an activating group) is 1. The lowest BCUT2D eigenvalue weighted by molar-refractivity contribution is 0.170. The smallest absolute Gasteiger partial charge is 0.225 e. The third kappa shape index (κ3) is 5.82. The second-order valence-corrected chi connectivity index (χ2v) is 8.29. The van der Waals surface area contributed by atoms with Crippen LogP contribution in [0.1, 0.15) is 35.6 Å². The van der Waals surface area contributed by atoms with Crippen LogP contribution in [0.5, 0.6) is 5.75 Å². The Labute approximate surface area is 184 Å². The summed E-state index contributed by atoms with van der Waals surface area (Å²) in [5.41, 5.74) is 2.26. The Morgan fingerprint density at radius 1 is 1.03 bits per heavy atom. The van der Waals surface area contributed by atoms with Crippen LogP contribution >= 0.6 is 0 Å². The molecule has 0 bridgehead atoms. The quantitative estimate of drug-likeness (QED) is 0.550. The minimum absolute atomic E-state index is 0.567. The van der Waals surface area contributed by atoms with Crippen molar-refractivity contribution in [2.24, 2.45) is 0 Å². The number of benzene rings is 1. The molecule has 164 valence electrons. The number of aryl methyl sites for hydroxylation is 2. The van der Waals surface area contributed by atoms with Crippen molar-refractivity contribution in [2.45, 2.75) is 39.2 Å². The molecule has 1 fully saturated rings. The van der Waals surface area contributed by atoms with Gasteiger partial charge in [0.2, 0.25) is 5.95 Å². The number of hydrogen-bond acceptors (Lipinski definition) is 7. The van der Waals surface area contributed by atoms with Crippen molar-refractivity contribution in [3.63, 3.8) is 0 Å². The van der Waals surface area contributed by atoms with Gasteiger partial charge in [-0.15, -0.1) is 0 Å². The van der Waals surface area contributed by atoms with Gasteiger partial charge in [-0.2, -0.15) is 0 Å². The fourth-order valence-electron chi connectivity index (χ4n) is 3.91. The standard InChI is InChI=1S/C24H31N5O2/c1-18-15-26-24(27-16-18)29-10-8-21(9-11-29)28(3)12-13-30-22-6-4-20(5-7-22)14-23-25-17-19(2)31-23/h4-7,15-17,21H,8-14H2,1-3H3. The molecule has 0 unspecified atom stereocenters. The van der Waals surface area contributed by atoms with Crippen molar-refractivity contribution in [3.8, 4) is 5.75 Å². The third-order valence-electron chi connectivity index (χ3n) is 5.80. The van der Waals surface area contributed by atoms with Gasteiger partial charge in [-0.25, -0.2) is 15.0 Å². The molecule has 0 radical (unpaired) electrons. The van der Waals surface area contributed by atoms with E-state index in [9.17, 15) is 0 Å². The van der Waals surface area contributed by atoms with E-state index < -0.39 is 0 Å². The Morgan fingerprint density at radius 3 is 2.39 bits per heavy atom. The number of piperidine rings is 1. The first-order valence-corrected chi connectivity index (χ1v) is 10.9. The van der Waals surface area contributed by atoms with Gasteiger partial charge >= 0.3 is 0 Å². The van der Waals surface area contributed by atoms with Crippen LogP contribution in [0.3, 0.4) is 0 Å². The van der Waals surface area contributed by atoms with E-state index in [4.69, 9.17) is 9.15 Å². The second-order valence-electron chi connectivity index (χ2n) is 8.29. The lowest BCUT2D eigenvalue weighted by atomic mass is 10.0. The molecular weight excluding hydrogens is 390 g/mol. The van der Waals surface area contributed by atoms with Crippen LogP contribution in [-0.2, 0) is 6.42 Å². The molecule has 1 saturated heterocycles. The Kier molecular flexibility index (Phi) is 6.82. The van der Waals surface area contributed by atoms with Gasteiger partial charge in [0.15, 0.2) is 5.89 Å². The highest BCUT2D eigenvalue weighted by molar-refractivity contribution is 5.30. The first-order chi connectivity index (χ1) is 15.1. The van der Waals surface area contributed by atoms with Crippen LogP contribution in [0.25, 0.3) is 0 Å². The van der Waals surface area contributed by atoms with Gasteiger partial charge in [-0.3, -0.25) is 4.90 Å². The van der Waals surface area contributed by atoms with Gasteiger partial charge in [0.1, 0.15) is 18.1 Å². The maximum absolute atomic E-state index is 5.97. The van der Waals surface area contributed by atoms with E-state index in [0.717, 1.165) is 67.0 Å². The molecule has 0 N–H and O–H groups in total. The van der Waals surface area contributed by atoms with Gasteiger partial charge < -0.3 is 14.1 Å². The number of anilines is 1. The summed E-state index contributed by atoms with van der Waals surface area (Å²) in [5, 5.41) is 0. The van der Waals surface area contributed by atoms with E-state index in [1.807, 2.05) is 38.4 Å². The highest BCUT2D eigenvalue weighted by atomic mass is 16.5. The van der Waals surface area contributed by atoms with E-state index in [2.05, 4.69) is 43.9 Å². The number of rotatable bonds is 8. The molecule has 3 aromatic rings. The molecule has 2 aromatic heterocycles. The van der Waals surface area contributed by atoms with Gasteiger partial charge in [-0.05, 0) is 57.0 Å². The van der Waals surface area contributed by atoms with Crippen LogP contribution in [0, 0.1) is 13.8 Å². The molecule has 31 heavy (non-hydrogen) atoms. The Morgan fingerprint density at radius 2 is 1.74 bits per heavy atom. The number of hydrogen-bond donors (Lipinski definition) is 0. The van der Waals surface area contributed by atoms with Crippen molar-refractivity contribution < 1.29 is 9.15 Å². The summed E-state index contributed by atoms with van der Waals surface area (Å²) in [5.74, 6) is 3.32. The minimum atomic E-state index is 0.567. The fraction of sp³-hybridized carbons (Fsp3) is 0.458. The molecular formula is C24H31N5O2. The van der Waals surface area contributed by atoms with E-state index in [0.29, 0.717) is 19.1 Å². The molecule has 1 aromatic carbocycles. The lowest BCUT2D eigenvalue weighted by Crippen LogP contribution is -2.45. The average molecular weight is 422 g/mol. The summed E-state index contributed by atoms with van der Waals surface area (Å²) in [6.07, 6.45) is 8.45.